The van der Waals surface area contributed by atoms with Gasteiger partial charge in [0.1, 0.15) is 0 Å². The van der Waals surface area contributed by atoms with Crippen LogP contribution in [0, 0.1) is 6.92 Å². The summed E-state index contributed by atoms with van der Waals surface area (Å²) in [7, 11) is -4.00. The normalized spacial score (nSPS) is 10.2. The molecule has 0 spiro atoms. The molecule has 0 aliphatic heterocycles. The van der Waals surface area contributed by atoms with Gasteiger partial charge in [-0.15, -0.1) is 0 Å². The van der Waals surface area contributed by atoms with E-state index in [0.717, 1.165) is 6.42 Å². The molecule has 6 heteroatoms. The molecule has 0 saturated carbocycles. The SMILES string of the molecule is CCO.O=S(=O)(O)c1ccccc1.[CH2-]CCCCCCCCCCCCCCC.[Na+]. The Bertz CT molecular complexity index is 507. The predicted molar refractivity (Wildman–Crippen MR) is 125 cm³/mol. The van der Waals surface area contributed by atoms with Gasteiger partial charge in [0.2, 0.25) is 0 Å². The van der Waals surface area contributed by atoms with Crippen LogP contribution in [-0.4, -0.2) is 24.7 Å². The molecule has 0 heterocycles. The summed E-state index contributed by atoms with van der Waals surface area (Å²) in [6.45, 7) is 8.09. The van der Waals surface area contributed by atoms with Gasteiger partial charge in [0.25, 0.3) is 10.1 Å². The quantitative estimate of drug-likeness (QED) is 0.192. The minimum atomic E-state index is -4.00. The molecule has 0 amide bonds. The fourth-order valence-electron chi connectivity index (χ4n) is 2.79. The summed E-state index contributed by atoms with van der Waals surface area (Å²) in [5.41, 5.74) is 0. The maximum atomic E-state index is 10.4. The zero-order chi connectivity index (χ0) is 22.2. The van der Waals surface area contributed by atoms with E-state index in [1.807, 2.05) is 0 Å². The molecule has 0 aliphatic carbocycles. The van der Waals surface area contributed by atoms with E-state index in [1.165, 1.54) is 95.6 Å². The van der Waals surface area contributed by atoms with Crippen molar-refractivity contribution in [2.45, 2.75) is 109 Å². The fraction of sp³-hybridized carbons (Fsp3) is 0.708. The van der Waals surface area contributed by atoms with Crippen molar-refractivity contribution in [1.82, 2.24) is 0 Å². The van der Waals surface area contributed by atoms with Gasteiger partial charge in [0, 0.05) is 6.61 Å². The van der Waals surface area contributed by atoms with Gasteiger partial charge in [-0.05, 0) is 19.1 Å². The summed E-state index contributed by atoms with van der Waals surface area (Å²) in [6, 6.07) is 7.42. The molecule has 30 heavy (non-hydrogen) atoms. The summed E-state index contributed by atoms with van der Waals surface area (Å²) in [4.78, 5) is -0.0741. The van der Waals surface area contributed by atoms with Crippen LogP contribution in [-0.2, 0) is 10.1 Å². The van der Waals surface area contributed by atoms with Crippen LogP contribution in [0.2, 0.25) is 0 Å². The molecule has 1 rings (SSSR count). The van der Waals surface area contributed by atoms with Crippen molar-refractivity contribution < 1.29 is 47.6 Å². The Morgan fingerprint density at radius 1 is 0.733 bits per heavy atom. The average Bonchev–Trinajstić information content (AvgIpc) is 2.70. The number of hydrogen-bond acceptors (Lipinski definition) is 3. The van der Waals surface area contributed by atoms with E-state index in [1.54, 1.807) is 25.1 Å². The average molecular weight is 453 g/mol. The van der Waals surface area contributed by atoms with Gasteiger partial charge >= 0.3 is 29.6 Å². The Kier molecular flexibility index (Phi) is 31.4. The maximum Gasteiger partial charge on any atom is 1.00 e. The monoisotopic (exact) mass is 452 g/mol. The molecule has 0 unspecified atom stereocenters. The number of aliphatic hydroxyl groups excluding tert-OH is 1. The van der Waals surface area contributed by atoms with Crippen molar-refractivity contribution in [3.05, 3.63) is 37.3 Å². The van der Waals surface area contributed by atoms with Gasteiger partial charge < -0.3 is 12.0 Å². The smallest absolute Gasteiger partial charge is 0.397 e. The van der Waals surface area contributed by atoms with Gasteiger partial charge in [0.15, 0.2) is 0 Å². The third kappa shape index (κ3) is 28.1. The number of hydrogen-bond donors (Lipinski definition) is 2. The van der Waals surface area contributed by atoms with Crippen LogP contribution in [0.15, 0.2) is 35.2 Å². The van der Waals surface area contributed by atoms with E-state index in [4.69, 9.17) is 9.66 Å². The van der Waals surface area contributed by atoms with Crippen molar-refractivity contribution in [2.75, 3.05) is 6.61 Å². The van der Waals surface area contributed by atoms with Crippen molar-refractivity contribution in [1.29, 1.82) is 0 Å². The Hall–Kier alpha value is 0.0900. The van der Waals surface area contributed by atoms with Crippen molar-refractivity contribution >= 4 is 10.1 Å². The molecule has 0 fully saturated rings. The number of aliphatic hydroxyl groups is 1. The van der Waals surface area contributed by atoms with Crippen LogP contribution in [0.1, 0.15) is 104 Å². The molecule has 2 N–H and O–H groups in total. The molecule has 0 atom stereocenters. The summed E-state index contributed by atoms with van der Waals surface area (Å²) in [5, 5.41) is 7.57. The third-order valence-corrected chi connectivity index (χ3v) is 5.26. The predicted octanol–water partition coefficient (Wildman–Crippen LogP) is 4.24. The maximum absolute atomic E-state index is 10.4. The van der Waals surface area contributed by atoms with Crippen molar-refractivity contribution in [2.24, 2.45) is 0 Å². The van der Waals surface area contributed by atoms with Gasteiger partial charge in [-0.25, -0.2) is 0 Å². The first-order chi connectivity index (χ1) is 13.9. The van der Waals surface area contributed by atoms with E-state index in [2.05, 4.69) is 13.8 Å². The molecule has 0 bridgehead atoms. The van der Waals surface area contributed by atoms with Crippen molar-refractivity contribution in [3.8, 4) is 0 Å². The van der Waals surface area contributed by atoms with Crippen LogP contribution in [0.25, 0.3) is 0 Å². The van der Waals surface area contributed by atoms with E-state index in [0.29, 0.717) is 0 Å². The van der Waals surface area contributed by atoms with Gasteiger partial charge in [-0.2, -0.15) is 14.8 Å². The summed E-state index contributed by atoms with van der Waals surface area (Å²) in [6.07, 6.45) is 19.8. The van der Waals surface area contributed by atoms with E-state index in [9.17, 15) is 8.42 Å². The number of rotatable bonds is 14. The molecule has 0 aromatic heterocycles. The summed E-state index contributed by atoms with van der Waals surface area (Å²) >= 11 is 0. The number of unbranched alkanes of at least 4 members (excludes halogenated alkanes) is 13. The zero-order valence-electron chi connectivity index (χ0n) is 19.8. The first kappa shape index (κ1) is 34.7. The minimum absolute atomic E-state index is 0. The van der Waals surface area contributed by atoms with Crippen LogP contribution in [0.5, 0.6) is 0 Å². The van der Waals surface area contributed by atoms with Crippen LogP contribution < -0.4 is 29.6 Å². The van der Waals surface area contributed by atoms with Crippen LogP contribution >= 0.6 is 0 Å². The largest absolute Gasteiger partial charge is 1.00 e. The second-order valence-electron chi connectivity index (χ2n) is 7.20. The molecule has 1 aromatic rings. The molecular formula is C24H45NaO4S. The Morgan fingerprint density at radius 2 is 1.07 bits per heavy atom. The molecular weight excluding hydrogens is 407 g/mol. The van der Waals surface area contributed by atoms with Gasteiger partial charge in [-0.1, -0.05) is 109 Å². The second kappa shape index (κ2) is 27.1. The van der Waals surface area contributed by atoms with E-state index < -0.39 is 10.1 Å². The van der Waals surface area contributed by atoms with E-state index >= 15 is 0 Å². The summed E-state index contributed by atoms with van der Waals surface area (Å²) in [5.74, 6) is 0. The Balaban J connectivity index is -0.000000444. The van der Waals surface area contributed by atoms with Gasteiger partial charge in [0.05, 0.1) is 4.90 Å². The second-order valence-corrected chi connectivity index (χ2v) is 8.62. The first-order valence-corrected chi connectivity index (χ1v) is 12.8. The first-order valence-electron chi connectivity index (χ1n) is 11.4. The van der Waals surface area contributed by atoms with Gasteiger partial charge in [-0.3, -0.25) is 4.55 Å². The Morgan fingerprint density at radius 3 is 1.33 bits per heavy atom. The van der Waals surface area contributed by atoms with Crippen LogP contribution in [0.4, 0.5) is 0 Å². The molecule has 172 valence electrons. The van der Waals surface area contributed by atoms with Crippen molar-refractivity contribution in [3.63, 3.8) is 0 Å². The molecule has 0 saturated heterocycles. The zero-order valence-corrected chi connectivity index (χ0v) is 22.6. The van der Waals surface area contributed by atoms with Crippen LogP contribution in [0.3, 0.4) is 0 Å². The molecule has 0 radical (unpaired) electrons. The fourth-order valence-corrected chi connectivity index (χ4v) is 3.29. The topological polar surface area (TPSA) is 74.6 Å². The molecule has 1 aromatic carbocycles. The molecule has 0 aliphatic rings. The number of benzene rings is 1. The van der Waals surface area contributed by atoms with E-state index in [-0.39, 0.29) is 41.1 Å². The minimum Gasteiger partial charge on any atom is -0.397 e. The third-order valence-electron chi connectivity index (χ3n) is 4.39. The molecule has 4 nitrogen and oxygen atoms in total. The Labute approximate surface area is 209 Å². The summed E-state index contributed by atoms with van der Waals surface area (Å²) < 4.78 is 29.2. The standard InChI is InChI=1S/C16H33.C6H6O3S.C2H6O.Na/c1-3-5-7-9-11-13-15-16-14-12-10-8-6-4-2;7-10(8,9)6-4-2-1-3-5-6;1-2-3;/h1,3-16H2,2H3;1-5H,(H,7,8,9);3H,2H2,1H3;/q-1;;;+1.